The highest BCUT2D eigenvalue weighted by atomic mass is 16.5. The minimum Gasteiger partial charge on any atom is -0.391 e. The molecule has 2 nitrogen and oxygen atoms in total. The van der Waals surface area contributed by atoms with Crippen molar-refractivity contribution in [1.82, 2.24) is 0 Å². The predicted molar refractivity (Wildman–Crippen MR) is 111 cm³/mol. The Kier molecular flexibility index (Phi) is 14.5. The third kappa shape index (κ3) is 17.5. The van der Waals surface area contributed by atoms with Crippen LogP contribution >= 0.6 is 0 Å². The van der Waals surface area contributed by atoms with E-state index in [1.165, 1.54) is 28.7 Å². The monoisotopic (exact) mass is 348 g/mol. The van der Waals surface area contributed by atoms with Crippen LogP contribution < -0.4 is 0 Å². The van der Waals surface area contributed by atoms with E-state index >= 15 is 0 Å². The molecular formula is C23H40O2. The van der Waals surface area contributed by atoms with Gasteiger partial charge in [-0.2, -0.15) is 0 Å². The molecule has 0 amide bonds. The SMILES string of the molecule is CC(C)=CCC/C(C)=C/CC/C(C)=C/CC/C(C)=C/COC[C@H](C)O. The predicted octanol–water partition coefficient (Wildman–Crippen LogP) is 6.53. The highest BCUT2D eigenvalue weighted by Crippen LogP contribution is 2.13. The maximum Gasteiger partial charge on any atom is 0.0745 e. The van der Waals surface area contributed by atoms with Crippen molar-refractivity contribution < 1.29 is 9.84 Å². The van der Waals surface area contributed by atoms with Gasteiger partial charge in [0.2, 0.25) is 0 Å². The minimum absolute atomic E-state index is 0.385. The number of ether oxygens (including phenoxy) is 1. The molecule has 25 heavy (non-hydrogen) atoms. The molecule has 0 unspecified atom stereocenters. The Bertz CT molecular complexity index is 460. The lowest BCUT2D eigenvalue weighted by Crippen LogP contribution is -2.10. The Morgan fingerprint density at radius 2 is 1.20 bits per heavy atom. The fraction of sp³-hybridized carbons (Fsp3) is 0.652. The van der Waals surface area contributed by atoms with Crippen LogP contribution in [0, 0.1) is 0 Å². The zero-order valence-corrected chi connectivity index (χ0v) is 17.4. The number of aliphatic hydroxyl groups excluding tert-OH is 1. The van der Waals surface area contributed by atoms with E-state index in [0.717, 1.165) is 32.1 Å². The first kappa shape index (κ1) is 23.9. The second kappa shape index (κ2) is 15.2. The third-order valence-corrected chi connectivity index (χ3v) is 4.06. The molecule has 0 fully saturated rings. The van der Waals surface area contributed by atoms with Gasteiger partial charge in [0.25, 0.3) is 0 Å². The first-order chi connectivity index (χ1) is 11.8. The molecule has 0 rings (SSSR count). The number of aliphatic hydroxyl groups is 1. The molecule has 0 bridgehead atoms. The Morgan fingerprint density at radius 1 is 0.760 bits per heavy atom. The van der Waals surface area contributed by atoms with E-state index in [2.05, 4.69) is 58.9 Å². The zero-order valence-electron chi connectivity index (χ0n) is 17.4. The number of hydrogen-bond acceptors (Lipinski definition) is 2. The van der Waals surface area contributed by atoms with Crippen molar-refractivity contribution in [3.05, 3.63) is 46.6 Å². The van der Waals surface area contributed by atoms with Crippen molar-refractivity contribution in [3.63, 3.8) is 0 Å². The van der Waals surface area contributed by atoms with E-state index in [9.17, 15) is 0 Å². The lowest BCUT2D eigenvalue weighted by Gasteiger charge is -2.05. The van der Waals surface area contributed by atoms with Crippen LogP contribution in [0.5, 0.6) is 0 Å². The second-order valence-corrected chi connectivity index (χ2v) is 7.44. The summed E-state index contributed by atoms with van der Waals surface area (Å²) in [6, 6.07) is 0. The second-order valence-electron chi connectivity index (χ2n) is 7.44. The lowest BCUT2D eigenvalue weighted by atomic mass is 10.0. The van der Waals surface area contributed by atoms with Crippen LogP contribution in [0.15, 0.2) is 46.6 Å². The molecule has 0 heterocycles. The van der Waals surface area contributed by atoms with Crippen LogP contribution in [0.3, 0.4) is 0 Å². The summed E-state index contributed by atoms with van der Waals surface area (Å²) in [6.45, 7) is 13.7. The summed E-state index contributed by atoms with van der Waals surface area (Å²) in [5.41, 5.74) is 5.74. The molecule has 0 aromatic rings. The van der Waals surface area contributed by atoms with E-state index in [0.29, 0.717) is 13.2 Å². The highest BCUT2D eigenvalue weighted by molar-refractivity contribution is 5.07. The summed E-state index contributed by atoms with van der Waals surface area (Å²) < 4.78 is 5.36. The topological polar surface area (TPSA) is 29.5 Å². The zero-order chi connectivity index (χ0) is 19.1. The average Bonchev–Trinajstić information content (AvgIpc) is 2.51. The van der Waals surface area contributed by atoms with Gasteiger partial charge in [-0.05, 0) is 80.1 Å². The van der Waals surface area contributed by atoms with Gasteiger partial charge in [0, 0.05) is 0 Å². The molecule has 1 atom stereocenters. The maximum absolute atomic E-state index is 9.13. The third-order valence-electron chi connectivity index (χ3n) is 4.06. The van der Waals surface area contributed by atoms with Gasteiger partial charge in [-0.25, -0.2) is 0 Å². The molecule has 0 radical (unpaired) electrons. The molecule has 0 spiro atoms. The summed E-state index contributed by atoms with van der Waals surface area (Å²) in [5, 5.41) is 9.13. The van der Waals surface area contributed by atoms with E-state index in [1.54, 1.807) is 6.92 Å². The summed E-state index contributed by atoms with van der Waals surface area (Å²) in [7, 11) is 0. The number of hydrogen-bond donors (Lipinski definition) is 1. The van der Waals surface area contributed by atoms with E-state index in [1.807, 2.05) is 0 Å². The van der Waals surface area contributed by atoms with E-state index in [4.69, 9.17) is 9.84 Å². The molecule has 2 heteroatoms. The fourth-order valence-electron chi connectivity index (χ4n) is 2.43. The van der Waals surface area contributed by atoms with Crippen LogP contribution in [-0.4, -0.2) is 24.4 Å². The largest absolute Gasteiger partial charge is 0.391 e. The Hall–Kier alpha value is -1.12. The first-order valence-electron chi connectivity index (χ1n) is 9.67. The first-order valence-corrected chi connectivity index (χ1v) is 9.67. The van der Waals surface area contributed by atoms with Gasteiger partial charge in [0.05, 0.1) is 19.3 Å². The van der Waals surface area contributed by atoms with Gasteiger partial charge in [-0.15, -0.1) is 0 Å². The molecule has 0 aromatic carbocycles. The Balaban J connectivity index is 3.93. The maximum atomic E-state index is 9.13. The molecular weight excluding hydrogens is 308 g/mol. The normalized spacial score (nSPS) is 14.6. The van der Waals surface area contributed by atoms with Gasteiger partial charge in [0.1, 0.15) is 0 Å². The van der Waals surface area contributed by atoms with Gasteiger partial charge < -0.3 is 9.84 Å². The van der Waals surface area contributed by atoms with Crippen LogP contribution in [0.1, 0.15) is 80.1 Å². The molecule has 1 N–H and O–H groups in total. The molecule has 0 saturated carbocycles. The van der Waals surface area contributed by atoms with Crippen LogP contribution in [0.4, 0.5) is 0 Å². The molecule has 0 aromatic heterocycles. The number of rotatable bonds is 13. The quantitative estimate of drug-likeness (QED) is 0.303. The van der Waals surface area contributed by atoms with Crippen LogP contribution in [0.25, 0.3) is 0 Å². The lowest BCUT2D eigenvalue weighted by molar-refractivity contribution is 0.0596. The summed E-state index contributed by atoms with van der Waals surface area (Å²) in [4.78, 5) is 0. The fourth-order valence-corrected chi connectivity index (χ4v) is 2.43. The molecule has 0 saturated heterocycles. The van der Waals surface area contributed by atoms with Gasteiger partial charge in [-0.1, -0.05) is 46.6 Å². The van der Waals surface area contributed by atoms with Crippen molar-refractivity contribution in [2.24, 2.45) is 0 Å². The van der Waals surface area contributed by atoms with Crippen molar-refractivity contribution in [2.45, 2.75) is 86.2 Å². The van der Waals surface area contributed by atoms with Gasteiger partial charge >= 0.3 is 0 Å². The molecule has 0 aliphatic rings. The summed E-state index contributed by atoms with van der Waals surface area (Å²) >= 11 is 0. The Morgan fingerprint density at radius 3 is 1.64 bits per heavy atom. The van der Waals surface area contributed by atoms with Crippen molar-refractivity contribution >= 4 is 0 Å². The molecule has 144 valence electrons. The summed E-state index contributed by atoms with van der Waals surface area (Å²) in [5.74, 6) is 0. The molecule has 0 aliphatic carbocycles. The van der Waals surface area contributed by atoms with Gasteiger partial charge in [0.15, 0.2) is 0 Å². The standard InChI is InChI=1S/C23H40O2/c1-19(2)10-7-11-20(3)12-8-13-21(4)14-9-15-22(5)16-17-25-18-23(6)24/h10,12,14,16,23-24H,7-9,11,13,15,17-18H2,1-6H3/b20-12+,21-14+,22-16+/t23-/m0/s1. The van der Waals surface area contributed by atoms with E-state index < -0.39 is 0 Å². The van der Waals surface area contributed by atoms with Gasteiger partial charge in [-0.3, -0.25) is 0 Å². The Labute approximate surface area is 156 Å². The summed E-state index contributed by atoms with van der Waals surface area (Å²) in [6.07, 6.45) is 15.6. The van der Waals surface area contributed by atoms with Crippen molar-refractivity contribution in [1.29, 1.82) is 0 Å². The average molecular weight is 349 g/mol. The van der Waals surface area contributed by atoms with E-state index in [-0.39, 0.29) is 6.10 Å². The highest BCUT2D eigenvalue weighted by Gasteiger charge is 1.95. The van der Waals surface area contributed by atoms with Crippen LogP contribution in [-0.2, 0) is 4.74 Å². The smallest absolute Gasteiger partial charge is 0.0745 e. The molecule has 0 aliphatic heterocycles. The van der Waals surface area contributed by atoms with Crippen LogP contribution in [0.2, 0.25) is 0 Å². The van der Waals surface area contributed by atoms with Crippen molar-refractivity contribution in [3.8, 4) is 0 Å². The minimum atomic E-state index is -0.385. The van der Waals surface area contributed by atoms with Crippen molar-refractivity contribution in [2.75, 3.05) is 13.2 Å². The number of allylic oxidation sites excluding steroid dienone is 7.